The molecule has 2 amide bonds. The van der Waals surface area contributed by atoms with Crippen molar-refractivity contribution in [3.8, 4) is 11.6 Å². The number of ether oxygens (including phenoxy) is 2. The van der Waals surface area contributed by atoms with Crippen molar-refractivity contribution in [2.45, 2.75) is 24.9 Å². The van der Waals surface area contributed by atoms with Gasteiger partial charge in [0.05, 0.1) is 20.8 Å². The van der Waals surface area contributed by atoms with Crippen molar-refractivity contribution in [1.29, 1.82) is 0 Å². The minimum atomic E-state index is -0.240. The fraction of sp³-hybridized carbons (Fsp3) is 0.320. The molecule has 0 spiro atoms. The van der Waals surface area contributed by atoms with Crippen LogP contribution in [-0.4, -0.2) is 54.2 Å². The van der Waals surface area contributed by atoms with E-state index >= 15 is 0 Å². The van der Waals surface area contributed by atoms with E-state index in [9.17, 15) is 4.79 Å². The van der Waals surface area contributed by atoms with Gasteiger partial charge in [0.1, 0.15) is 11.6 Å². The van der Waals surface area contributed by atoms with Gasteiger partial charge in [-0.15, -0.1) is 0 Å². The van der Waals surface area contributed by atoms with Crippen molar-refractivity contribution < 1.29 is 14.3 Å². The van der Waals surface area contributed by atoms with Gasteiger partial charge in [0, 0.05) is 48.0 Å². The largest absolute Gasteiger partial charge is 0.497 e. The number of anilines is 1. The van der Waals surface area contributed by atoms with E-state index < -0.39 is 0 Å². The molecule has 9 heteroatoms. The molecule has 1 saturated heterocycles. The number of piperidine rings is 1. The predicted octanol–water partition coefficient (Wildman–Crippen LogP) is 4.33. The van der Waals surface area contributed by atoms with E-state index in [0.717, 1.165) is 30.8 Å². The smallest absolute Gasteiger partial charge is 0.319 e. The van der Waals surface area contributed by atoms with Crippen molar-refractivity contribution in [3.63, 3.8) is 0 Å². The Balaban J connectivity index is 1.48. The van der Waals surface area contributed by atoms with Crippen molar-refractivity contribution >= 4 is 23.3 Å². The van der Waals surface area contributed by atoms with Gasteiger partial charge in [0.15, 0.2) is 0 Å². The second kappa shape index (κ2) is 11.2. The molecule has 0 saturated carbocycles. The fourth-order valence-electron chi connectivity index (χ4n) is 4.16. The minimum Gasteiger partial charge on any atom is -0.497 e. The molecule has 2 aromatic carbocycles. The lowest BCUT2D eigenvalue weighted by atomic mass is 9.86. The number of amides is 2. The van der Waals surface area contributed by atoms with Crippen LogP contribution in [-0.2, 0) is 6.54 Å². The third kappa shape index (κ3) is 6.15. The number of benzene rings is 2. The number of hydrogen-bond acceptors (Lipinski definition) is 6. The van der Waals surface area contributed by atoms with E-state index in [1.807, 2.05) is 12.1 Å². The first-order valence-electron chi connectivity index (χ1n) is 11.1. The summed E-state index contributed by atoms with van der Waals surface area (Å²) in [4.78, 5) is 23.9. The van der Waals surface area contributed by atoms with Crippen LogP contribution in [0.3, 0.4) is 0 Å². The Bertz CT molecular complexity index is 1090. The van der Waals surface area contributed by atoms with Crippen molar-refractivity contribution in [2.24, 2.45) is 0 Å². The minimum absolute atomic E-state index is 0.0387. The molecule has 0 bridgehead atoms. The SMILES string of the molecule is COc1ccc(C2CN(Cc3nccc(OC)n3)CC[C@H]2NC(=O)Nc2ccc(Cl)cc2)cc1. The molecule has 4 rings (SSSR count). The molecule has 8 nitrogen and oxygen atoms in total. The monoisotopic (exact) mass is 481 g/mol. The standard InChI is InChI=1S/C25H28ClN5O3/c1-33-20-9-3-17(4-10-20)21-15-31(16-23-27-13-11-24(30-23)34-2)14-12-22(21)29-25(32)28-19-7-5-18(26)6-8-19/h3-11,13,21-22H,12,14-16H2,1-2H3,(H2,28,29,32)/t21?,22-/m1/s1. The second-order valence-corrected chi connectivity index (χ2v) is 8.57. The van der Waals surface area contributed by atoms with Crippen LogP contribution in [0.4, 0.5) is 10.5 Å². The van der Waals surface area contributed by atoms with Gasteiger partial charge in [-0.3, -0.25) is 4.90 Å². The van der Waals surface area contributed by atoms with Crippen LogP contribution in [0.2, 0.25) is 5.02 Å². The summed E-state index contributed by atoms with van der Waals surface area (Å²) in [6.45, 7) is 2.16. The predicted molar refractivity (Wildman–Crippen MR) is 132 cm³/mol. The number of carbonyl (C=O) groups excluding carboxylic acids is 1. The molecule has 178 valence electrons. The molecule has 2 N–H and O–H groups in total. The first-order valence-corrected chi connectivity index (χ1v) is 11.5. The van der Waals surface area contributed by atoms with Crippen molar-refractivity contribution in [2.75, 3.05) is 32.6 Å². The molecule has 2 heterocycles. The van der Waals surface area contributed by atoms with Gasteiger partial charge in [0.25, 0.3) is 0 Å². The van der Waals surface area contributed by atoms with E-state index in [2.05, 4.69) is 37.6 Å². The first kappa shape index (κ1) is 23.8. The van der Waals surface area contributed by atoms with Crippen LogP contribution in [0.1, 0.15) is 23.7 Å². The Kier molecular flexibility index (Phi) is 7.82. The Hall–Kier alpha value is -3.36. The summed E-state index contributed by atoms with van der Waals surface area (Å²) in [6.07, 6.45) is 2.49. The third-order valence-corrected chi connectivity index (χ3v) is 6.17. The summed E-state index contributed by atoms with van der Waals surface area (Å²) in [7, 11) is 3.25. The van der Waals surface area contributed by atoms with E-state index in [1.54, 1.807) is 50.7 Å². The number of methoxy groups -OCH3 is 2. The summed E-state index contributed by atoms with van der Waals surface area (Å²) >= 11 is 5.94. The molecule has 3 aromatic rings. The van der Waals surface area contributed by atoms with Gasteiger partial charge in [-0.2, -0.15) is 4.98 Å². The molecule has 34 heavy (non-hydrogen) atoms. The number of hydrogen-bond donors (Lipinski definition) is 2. The average molecular weight is 482 g/mol. The van der Waals surface area contributed by atoms with Gasteiger partial charge < -0.3 is 20.1 Å². The molecule has 1 aliphatic heterocycles. The quantitative estimate of drug-likeness (QED) is 0.522. The fourth-order valence-corrected chi connectivity index (χ4v) is 4.29. The van der Waals surface area contributed by atoms with Gasteiger partial charge in [-0.05, 0) is 48.4 Å². The molecule has 1 aliphatic rings. The highest BCUT2D eigenvalue weighted by atomic mass is 35.5. The number of halogens is 1. The molecule has 2 atom stereocenters. The lowest BCUT2D eigenvalue weighted by molar-refractivity contribution is 0.165. The summed E-state index contributed by atoms with van der Waals surface area (Å²) in [6, 6.07) is 16.5. The summed E-state index contributed by atoms with van der Waals surface area (Å²) in [5, 5.41) is 6.69. The zero-order chi connectivity index (χ0) is 23.9. The summed E-state index contributed by atoms with van der Waals surface area (Å²) in [5.74, 6) is 2.14. The maximum absolute atomic E-state index is 12.8. The number of aromatic nitrogens is 2. The van der Waals surface area contributed by atoms with Crippen LogP contribution < -0.4 is 20.1 Å². The van der Waals surface area contributed by atoms with Crippen molar-refractivity contribution in [1.82, 2.24) is 20.2 Å². The molecule has 1 unspecified atom stereocenters. The number of urea groups is 1. The number of nitrogens with one attached hydrogen (secondary N) is 2. The number of nitrogens with zero attached hydrogens (tertiary/aromatic N) is 3. The lowest BCUT2D eigenvalue weighted by Gasteiger charge is -2.39. The highest BCUT2D eigenvalue weighted by molar-refractivity contribution is 6.30. The number of likely N-dealkylation sites (tertiary alicyclic amines) is 1. The summed E-state index contributed by atoms with van der Waals surface area (Å²) < 4.78 is 10.5. The lowest BCUT2D eigenvalue weighted by Crippen LogP contribution is -2.50. The molecular formula is C25H28ClN5O3. The molecule has 0 radical (unpaired) electrons. The molecule has 0 aliphatic carbocycles. The number of carbonyl (C=O) groups is 1. The molecule has 1 aromatic heterocycles. The molecule has 1 fully saturated rings. The Morgan fingerprint density at radius 1 is 1.09 bits per heavy atom. The maximum Gasteiger partial charge on any atom is 0.319 e. The van der Waals surface area contributed by atoms with Crippen molar-refractivity contribution in [3.05, 3.63) is 77.2 Å². The topological polar surface area (TPSA) is 88.6 Å². The highest BCUT2D eigenvalue weighted by Gasteiger charge is 2.32. The Morgan fingerprint density at radius 3 is 2.56 bits per heavy atom. The Labute approximate surface area is 204 Å². The van der Waals surface area contributed by atoms with Crippen LogP contribution >= 0.6 is 11.6 Å². The zero-order valence-electron chi connectivity index (χ0n) is 19.2. The third-order valence-electron chi connectivity index (χ3n) is 5.91. The van der Waals surface area contributed by atoms with Gasteiger partial charge in [-0.25, -0.2) is 9.78 Å². The van der Waals surface area contributed by atoms with E-state index in [1.165, 1.54) is 0 Å². The van der Waals surface area contributed by atoms with E-state index in [0.29, 0.717) is 29.0 Å². The second-order valence-electron chi connectivity index (χ2n) is 8.13. The zero-order valence-corrected chi connectivity index (χ0v) is 20.0. The van der Waals surface area contributed by atoms with Gasteiger partial charge in [-0.1, -0.05) is 23.7 Å². The van der Waals surface area contributed by atoms with Crippen LogP contribution in [0.15, 0.2) is 60.8 Å². The molecular weight excluding hydrogens is 454 g/mol. The first-order chi connectivity index (χ1) is 16.5. The summed E-state index contributed by atoms with van der Waals surface area (Å²) in [5.41, 5.74) is 1.82. The van der Waals surface area contributed by atoms with Gasteiger partial charge in [0.2, 0.25) is 5.88 Å². The Morgan fingerprint density at radius 2 is 1.85 bits per heavy atom. The maximum atomic E-state index is 12.8. The van der Waals surface area contributed by atoms with E-state index in [4.69, 9.17) is 21.1 Å². The normalized spacial score (nSPS) is 18.2. The van der Waals surface area contributed by atoms with Crippen LogP contribution in [0.5, 0.6) is 11.6 Å². The average Bonchev–Trinajstić information content (AvgIpc) is 2.86. The van der Waals surface area contributed by atoms with Gasteiger partial charge >= 0.3 is 6.03 Å². The highest BCUT2D eigenvalue weighted by Crippen LogP contribution is 2.30. The van der Waals surface area contributed by atoms with E-state index in [-0.39, 0.29) is 18.0 Å². The van der Waals surface area contributed by atoms with Crippen LogP contribution in [0.25, 0.3) is 0 Å². The number of rotatable bonds is 7. The van der Waals surface area contributed by atoms with Crippen LogP contribution in [0, 0.1) is 0 Å².